The highest BCUT2D eigenvalue weighted by molar-refractivity contribution is 5.71. The Balaban J connectivity index is 1.06. The van der Waals surface area contributed by atoms with Gasteiger partial charge in [-0.3, -0.25) is 14.8 Å². The summed E-state index contributed by atoms with van der Waals surface area (Å²) in [5.74, 6) is 27.2. The van der Waals surface area contributed by atoms with Crippen molar-refractivity contribution in [3.05, 3.63) is 238 Å². The van der Waals surface area contributed by atoms with Gasteiger partial charge in [-0.15, -0.1) is 0 Å². The van der Waals surface area contributed by atoms with E-state index >= 15 is 0 Å². The second-order valence-electron chi connectivity index (χ2n) is 16.2. The van der Waals surface area contributed by atoms with Crippen molar-refractivity contribution in [2.75, 3.05) is 21.1 Å². The minimum Gasteiger partial charge on any atom is -0.485 e. The van der Waals surface area contributed by atoms with Crippen LogP contribution in [0.2, 0.25) is 0 Å². The van der Waals surface area contributed by atoms with E-state index in [1.807, 2.05) is 103 Å². The van der Waals surface area contributed by atoms with E-state index in [1.165, 1.54) is 0 Å². The molecule has 3 aromatic heterocycles. The lowest BCUT2D eigenvalue weighted by atomic mass is 10.0. The highest BCUT2D eigenvalue weighted by Gasteiger charge is 2.16. The Morgan fingerprint density at radius 3 is 1.23 bits per heavy atom. The van der Waals surface area contributed by atoms with Crippen molar-refractivity contribution < 1.29 is 14.0 Å². The second-order valence-corrected chi connectivity index (χ2v) is 16.2. The Morgan fingerprint density at radius 1 is 0.477 bits per heavy atom. The Labute approximate surface area is 381 Å². The maximum Gasteiger partial charge on any atom is 0.168 e. The fourth-order valence-electron chi connectivity index (χ4n) is 6.88. The number of quaternary nitrogens is 1. The van der Waals surface area contributed by atoms with Crippen LogP contribution < -0.4 is 4.74 Å². The van der Waals surface area contributed by atoms with Crippen LogP contribution in [0.5, 0.6) is 5.75 Å². The van der Waals surface area contributed by atoms with Gasteiger partial charge in [0.15, 0.2) is 12.0 Å². The van der Waals surface area contributed by atoms with Gasteiger partial charge in [0.1, 0.15) is 18.8 Å². The van der Waals surface area contributed by atoms with Crippen LogP contribution in [0, 0.1) is 47.4 Å². The van der Waals surface area contributed by atoms with Gasteiger partial charge in [0.25, 0.3) is 0 Å². The van der Waals surface area contributed by atoms with Crippen molar-refractivity contribution in [2.24, 2.45) is 0 Å². The van der Waals surface area contributed by atoms with Crippen molar-refractivity contribution in [2.45, 2.75) is 13.2 Å². The maximum atomic E-state index is 11.5. The molecule has 6 heteroatoms. The van der Waals surface area contributed by atoms with E-state index in [2.05, 4.69) is 120 Å². The van der Waals surface area contributed by atoms with Crippen LogP contribution in [0.15, 0.2) is 176 Å². The number of ether oxygens (including phenoxy) is 1. The number of rotatable bonds is 8. The van der Waals surface area contributed by atoms with Crippen LogP contribution >= 0.6 is 0 Å². The third-order valence-corrected chi connectivity index (χ3v) is 10.1. The van der Waals surface area contributed by atoms with E-state index in [0.29, 0.717) is 32.7 Å². The summed E-state index contributed by atoms with van der Waals surface area (Å²) in [5, 5.41) is 0. The summed E-state index contributed by atoms with van der Waals surface area (Å²) in [6.45, 7) is 0.867. The number of aromatic nitrogens is 3. The molecule has 3 heterocycles. The first-order valence-corrected chi connectivity index (χ1v) is 21.0. The quantitative estimate of drug-likeness (QED) is 0.0866. The number of hydrogen-bond acceptors (Lipinski definition) is 5. The van der Waals surface area contributed by atoms with Gasteiger partial charge >= 0.3 is 0 Å². The van der Waals surface area contributed by atoms with Crippen LogP contribution in [0.3, 0.4) is 0 Å². The van der Waals surface area contributed by atoms with Crippen LogP contribution in [0.4, 0.5) is 0 Å². The van der Waals surface area contributed by atoms with E-state index < -0.39 is 0 Å². The molecular weight excluding hydrogens is 797 g/mol. The van der Waals surface area contributed by atoms with Crippen molar-refractivity contribution in [1.29, 1.82) is 0 Å². The Kier molecular flexibility index (Phi) is 13.5. The summed E-state index contributed by atoms with van der Waals surface area (Å²) in [6, 6.07) is 49.6. The van der Waals surface area contributed by atoms with E-state index in [0.717, 1.165) is 74.0 Å². The zero-order valence-electron chi connectivity index (χ0n) is 36.3. The van der Waals surface area contributed by atoms with Crippen molar-refractivity contribution in [1.82, 2.24) is 15.0 Å². The Bertz CT molecular complexity index is 3020. The number of carbonyl (C=O) groups is 1. The molecule has 0 bridgehead atoms. The fraction of sp³-hybridized carbons (Fsp3) is 0.0847. The second kappa shape index (κ2) is 20.4. The minimum atomic E-state index is 0.124. The zero-order chi connectivity index (χ0) is 44.9. The third kappa shape index (κ3) is 12.2. The molecule has 0 atom stereocenters. The highest BCUT2D eigenvalue weighted by Crippen LogP contribution is 2.28. The molecule has 8 rings (SSSR count). The average molecular weight is 840 g/mol. The average Bonchev–Trinajstić information content (AvgIpc) is 3.34. The first-order chi connectivity index (χ1) is 31.7. The fourth-order valence-corrected chi connectivity index (χ4v) is 6.88. The van der Waals surface area contributed by atoms with Crippen LogP contribution in [0.25, 0.3) is 22.3 Å². The molecule has 0 saturated heterocycles. The zero-order valence-corrected chi connectivity index (χ0v) is 36.3. The van der Waals surface area contributed by atoms with Crippen molar-refractivity contribution in [3.63, 3.8) is 0 Å². The largest absolute Gasteiger partial charge is 0.485 e. The molecule has 0 aliphatic rings. The van der Waals surface area contributed by atoms with Gasteiger partial charge < -0.3 is 9.22 Å². The Hall–Kier alpha value is -8.78. The van der Waals surface area contributed by atoms with Crippen LogP contribution in [0.1, 0.15) is 66.3 Å². The molecule has 0 radical (unpaired) electrons. The normalized spacial score (nSPS) is 10.4. The lowest BCUT2D eigenvalue weighted by molar-refractivity contribution is -0.884. The smallest absolute Gasteiger partial charge is 0.168 e. The number of hydrogen-bond donors (Lipinski definition) is 0. The molecule has 65 heavy (non-hydrogen) atoms. The number of nitrogens with zero attached hydrogens (tertiary/aromatic N) is 4. The molecule has 0 aliphatic carbocycles. The van der Waals surface area contributed by atoms with Crippen LogP contribution in [-0.2, 0) is 13.2 Å². The first kappa shape index (κ1) is 42.9. The Morgan fingerprint density at radius 2 is 0.846 bits per heavy atom. The van der Waals surface area contributed by atoms with Gasteiger partial charge in [0.05, 0.1) is 38.0 Å². The molecule has 0 fully saturated rings. The maximum absolute atomic E-state index is 11.5. The van der Waals surface area contributed by atoms with Crippen molar-refractivity contribution in [3.8, 4) is 75.4 Å². The van der Waals surface area contributed by atoms with E-state index in [1.54, 1.807) is 36.9 Å². The van der Waals surface area contributed by atoms with E-state index in [9.17, 15) is 4.79 Å². The summed E-state index contributed by atoms with van der Waals surface area (Å²) in [7, 11) is 6.45. The predicted molar refractivity (Wildman–Crippen MR) is 258 cm³/mol. The van der Waals surface area contributed by atoms with Gasteiger partial charge in [-0.2, -0.15) is 0 Å². The molecular formula is C59H43N4O2+. The summed E-state index contributed by atoms with van der Waals surface area (Å²) in [6.07, 6.45) is 7.90. The molecule has 5 aromatic carbocycles. The van der Waals surface area contributed by atoms with E-state index in [-0.39, 0.29) is 6.61 Å². The number of pyridine rings is 3. The highest BCUT2D eigenvalue weighted by atomic mass is 16.5. The molecule has 8 aromatic rings. The van der Waals surface area contributed by atoms with Gasteiger partial charge in [-0.1, -0.05) is 77.7 Å². The lowest BCUT2D eigenvalue weighted by Crippen LogP contribution is -2.33. The number of benzene rings is 5. The molecule has 0 N–H and O–H groups in total. The summed E-state index contributed by atoms with van der Waals surface area (Å²) in [4.78, 5) is 24.2. The molecule has 0 unspecified atom stereocenters. The monoisotopic (exact) mass is 839 g/mol. The number of carbonyl (C=O) groups excluding carboxylic acids is 1. The molecule has 6 nitrogen and oxygen atoms in total. The van der Waals surface area contributed by atoms with Crippen molar-refractivity contribution >= 4 is 6.29 Å². The van der Waals surface area contributed by atoms with Crippen LogP contribution in [-0.4, -0.2) is 46.9 Å². The SMILES string of the molecule is C[N+](C)(C)Cc1cc(C#Cc2ccc(C#Cc3ccc(-c4ccncc4)cc3)cc2)c(OCc2cccc(C=O)n2)c(C#Cc2ccc(C#Cc3ccc(-c4ccncc4)cc3)cc2)c1. The minimum absolute atomic E-state index is 0.124. The topological polar surface area (TPSA) is 65.0 Å². The van der Waals surface area contributed by atoms with E-state index in [4.69, 9.17) is 4.74 Å². The van der Waals surface area contributed by atoms with Gasteiger partial charge in [-0.05, 0) is 144 Å². The summed E-state index contributed by atoms with van der Waals surface area (Å²) < 4.78 is 7.24. The molecule has 310 valence electrons. The number of aldehydes is 1. The summed E-state index contributed by atoms with van der Waals surface area (Å²) >= 11 is 0. The predicted octanol–water partition coefficient (Wildman–Crippen LogP) is 10.4. The molecule has 0 spiro atoms. The van der Waals surface area contributed by atoms with Gasteiger partial charge in [0.2, 0.25) is 0 Å². The van der Waals surface area contributed by atoms with Gasteiger partial charge in [0, 0.05) is 63.7 Å². The summed E-state index contributed by atoms with van der Waals surface area (Å²) in [5.41, 5.74) is 13.2. The van der Waals surface area contributed by atoms with Gasteiger partial charge in [-0.25, -0.2) is 4.98 Å². The molecule has 0 aliphatic heterocycles. The standard InChI is InChI=1S/C59H43N4O2/c1-63(2,3)41-50-39-55(29-23-46-13-7-44(8-14-46)11-17-48-19-25-51(26-20-48)53-31-35-60-36-32-53)59(65-43-58-6-4-5-57(42-64)62-58)56(40-50)30-24-47-15-9-45(10-16-47)12-18-49-21-27-52(28-22-49)54-33-37-61-38-34-54/h4-10,13-16,19-22,25-28,31-40,42H,41,43H2,1-3H3/q+1. The molecule has 0 saturated carbocycles. The first-order valence-electron chi connectivity index (χ1n) is 21.0. The lowest BCUT2D eigenvalue weighted by Gasteiger charge is -2.24. The molecule has 0 amide bonds. The third-order valence-electron chi connectivity index (χ3n) is 10.1.